The quantitative estimate of drug-likeness (QED) is 0.868. The minimum absolute atomic E-state index is 0.177. The first-order chi connectivity index (χ1) is 9.42. The fourth-order valence-electron chi connectivity index (χ4n) is 3.80. The maximum atomic E-state index is 12.9. The SMILES string of the molecule is CC1CCC(CN)(N(C)S(=O)(=O)C2CCCCC2)CC1. The Kier molecular flexibility index (Phi) is 5.14. The third kappa shape index (κ3) is 3.04. The summed E-state index contributed by atoms with van der Waals surface area (Å²) in [7, 11) is -1.43. The molecule has 0 radical (unpaired) electrons. The highest BCUT2D eigenvalue weighted by molar-refractivity contribution is 7.89. The normalized spacial score (nSPS) is 33.5. The van der Waals surface area contributed by atoms with E-state index in [2.05, 4.69) is 6.92 Å². The Hall–Kier alpha value is -0.130. The summed E-state index contributed by atoms with van der Waals surface area (Å²) in [5, 5.41) is -0.177. The summed E-state index contributed by atoms with van der Waals surface area (Å²) in [6, 6.07) is 0. The van der Waals surface area contributed by atoms with Crippen molar-refractivity contribution in [3.63, 3.8) is 0 Å². The molecular weight excluding hydrogens is 272 g/mol. The average molecular weight is 302 g/mol. The Bertz CT molecular complexity index is 408. The summed E-state index contributed by atoms with van der Waals surface area (Å²) in [6.45, 7) is 2.69. The van der Waals surface area contributed by atoms with Crippen molar-refractivity contribution in [3.05, 3.63) is 0 Å². The summed E-state index contributed by atoms with van der Waals surface area (Å²) in [5.74, 6) is 0.695. The molecule has 118 valence electrons. The Balaban J connectivity index is 2.16. The molecule has 0 aliphatic heterocycles. The van der Waals surface area contributed by atoms with Crippen LogP contribution < -0.4 is 5.73 Å². The van der Waals surface area contributed by atoms with Crippen molar-refractivity contribution in [2.45, 2.75) is 75.5 Å². The summed E-state index contributed by atoms with van der Waals surface area (Å²) < 4.78 is 27.5. The monoisotopic (exact) mass is 302 g/mol. The van der Waals surface area contributed by atoms with Crippen LogP contribution in [0.25, 0.3) is 0 Å². The molecule has 2 rings (SSSR count). The van der Waals surface area contributed by atoms with Crippen molar-refractivity contribution in [1.29, 1.82) is 0 Å². The lowest BCUT2D eigenvalue weighted by Gasteiger charge is -2.46. The summed E-state index contributed by atoms with van der Waals surface area (Å²) >= 11 is 0. The van der Waals surface area contributed by atoms with Gasteiger partial charge in [-0.05, 0) is 44.4 Å². The maximum Gasteiger partial charge on any atom is 0.217 e. The zero-order valence-electron chi connectivity index (χ0n) is 13.0. The zero-order valence-corrected chi connectivity index (χ0v) is 13.8. The number of hydrogen-bond acceptors (Lipinski definition) is 3. The second-order valence-electron chi connectivity index (χ2n) is 6.88. The van der Waals surface area contributed by atoms with E-state index < -0.39 is 10.0 Å². The molecule has 0 atom stereocenters. The molecule has 0 heterocycles. The lowest BCUT2D eigenvalue weighted by molar-refractivity contribution is 0.133. The van der Waals surface area contributed by atoms with E-state index >= 15 is 0 Å². The first-order valence-corrected chi connectivity index (χ1v) is 9.60. The first-order valence-electron chi connectivity index (χ1n) is 8.10. The Morgan fingerprint density at radius 3 is 2.15 bits per heavy atom. The topological polar surface area (TPSA) is 63.4 Å². The largest absolute Gasteiger partial charge is 0.329 e. The van der Waals surface area contributed by atoms with E-state index in [4.69, 9.17) is 5.73 Å². The van der Waals surface area contributed by atoms with Gasteiger partial charge in [-0.2, -0.15) is 4.31 Å². The Morgan fingerprint density at radius 1 is 1.10 bits per heavy atom. The summed E-state index contributed by atoms with van der Waals surface area (Å²) in [4.78, 5) is 0. The van der Waals surface area contributed by atoms with Gasteiger partial charge in [0, 0.05) is 19.1 Å². The van der Waals surface area contributed by atoms with Crippen molar-refractivity contribution < 1.29 is 8.42 Å². The molecular formula is C15H30N2O2S. The third-order valence-electron chi connectivity index (χ3n) is 5.61. The zero-order chi connectivity index (χ0) is 14.8. The lowest BCUT2D eigenvalue weighted by atomic mass is 9.77. The lowest BCUT2D eigenvalue weighted by Crippen LogP contribution is -2.58. The van der Waals surface area contributed by atoms with Gasteiger partial charge in [-0.15, -0.1) is 0 Å². The van der Waals surface area contributed by atoms with Crippen LogP contribution in [0.1, 0.15) is 64.7 Å². The molecule has 0 spiro atoms. The number of likely N-dealkylation sites (N-methyl/N-ethyl adjacent to an activating group) is 1. The van der Waals surface area contributed by atoms with Crippen molar-refractivity contribution >= 4 is 10.0 Å². The molecule has 0 aromatic carbocycles. The van der Waals surface area contributed by atoms with Crippen LogP contribution >= 0.6 is 0 Å². The van der Waals surface area contributed by atoms with Gasteiger partial charge >= 0.3 is 0 Å². The predicted molar refractivity (Wildman–Crippen MR) is 83.0 cm³/mol. The van der Waals surface area contributed by atoms with E-state index in [1.165, 1.54) is 6.42 Å². The van der Waals surface area contributed by atoms with Crippen LogP contribution in [-0.4, -0.2) is 37.1 Å². The average Bonchev–Trinajstić information content (AvgIpc) is 2.48. The molecule has 2 saturated carbocycles. The van der Waals surface area contributed by atoms with Gasteiger partial charge in [0.25, 0.3) is 0 Å². The summed E-state index contributed by atoms with van der Waals surface area (Å²) in [5.41, 5.74) is 5.67. The summed E-state index contributed by atoms with van der Waals surface area (Å²) in [6.07, 6.45) is 8.90. The molecule has 2 aliphatic carbocycles. The second kappa shape index (κ2) is 6.32. The van der Waals surface area contributed by atoms with E-state index in [0.29, 0.717) is 12.5 Å². The van der Waals surface area contributed by atoms with Gasteiger partial charge in [-0.25, -0.2) is 8.42 Å². The standard InChI is InChI=1S/C15H30N2O2S/c1-13-8-10-15(12-16,11-9-13)17(2)20(18,19)14-6-4-3-5-7-14/h13-14H,3-12,16H2,1-2H3. The fourth-order valence-corrected chi connectivity index (χ4v) is 5.98. The number of hydrogen-bond donors (Lipinski definition) is 1. The molecule has 0 aromatic rings. The number of rotatable bonds is 4. The van der Waals surface area contributed by atoms with Crippen molar-refractivity contribution in [2.75, 3.05) is 13.6 Å². The van der Waals surface area contributed by atoms with E-state index in [0.717, 1.165) is 51.4 Å². The molecule has 20 heavy (non-hydrogen) atoms. The molecule has 0 bridgehead atoms. The highest BCUT2D eigenvalue weighted by atomic mass is 32.2. The van der Waals surface area contributed by atoms with Gasteiger partial charge in [0.1, 0.15) is 0 Å². The third-order valence-corrected chi connectivity index (χ3v) is 8.07. The van der Waals surface area contributed by atoms with E-state index in [-0.39, 0.29) is 10.8 Å². The van der Waals surface area contributed by atoms with Gasteiger partial charge in [-0.1, -0.05) is 26.2 Å². The number of nitrogens with two attached hydrogens (primary N) is 1. The molecule has 5 heteroatoms. The van der Waals surface area contributed by atoms with Crippen molar-refractivity contribution in [2.24, 2.45) is 11.7 Å². The molecule has 4 nitrogen and oxygen atoms in total. The highest BCUT2D eigenvalue weighted by Crippen LogP contribution is 2.38. The minimum Gasteiger partial charge on any atom is -0.329 e. The van der Waals surface area contributed by atoms with E-state index in [1.807, 2.05) is 0 Å². The van der Waals surface area contributed by atoms with Crippen molar-refractivity contribution in [3.8, 4) is 0 Å². The molecule has 2 aliphatic rings. The van der Waals surface area contributed by atoms with Crippen molar-refractivity contribution in [1.82, 2.24) is 4.31 Å². The Labute approximate surface area is 124 Å². The fraction of sp³-hybridized carbons (Fsp3) is 1.00. The van der Waals surface area contributed by atoms with Crippen LogP contribution in [0.5, 0.6) is 0 Å². The minimum atomic E-state index is -3.20. The number of nitrogens with zero attached hydrogens (tertiary/aromatic N) is 1. The van der Waals surface area contributed by atoms with E-state index in [1.54, 1.807) is 11.4 Å². The molecule has 0 amide bonds. The molecule has 0 unspecified atom stereocenters. The smallest absolute Gasteiger partial charge is 0.217 e. The second-order valence-corrected chi connectivity index (χ2v) is 9.13. The van der Waals surface area contributed by atoms with Gasteiger partial charge in [-0.3, -0.25) is 0 Å². The van der Waals surface area contributed by atoms with Gasteiger partial charge in [0.05, 0.1) is 5.25 Å². The molecule has 2 N–H and O–H groups in total. The van der Waals surface area contributed by atoms with Crippen LogP contribution in [0.3, 0.4) is 0 Å². The molecule has 2 fully saturated rings. The highest BCUT2D eigenvalue weighted by Gasteiger charge is 2.44. The number of sulfonamides is 1. The maximum absolute atomic E-state index is 12.9. The first kappa shape index (κ1) is 16.2. The van der Waals surface area contributed by atoms with Gasteiger partial charge < -0.3 is 5.73 Å². The van der Waals surface area contributed by atoms with Crippen LogP contribution in [0.2, 0.25) is 0 Å². The van der Waals surface area contributed by atoms with Crippen LogP contribution in [0.15, 0.2) is 0 Å². The van der Waals surface area contributed by atoms with Crippen LogP contribution in [0.4, 0.5) is 0 Å². The molecule has 0 saturated heterocycles. The molecule has 0 aromatic heterocycles. The van der Waals surface area contributed by atoms with Crippen LogP contribution in [-0.2, 0) is 10.0 Å². The van der Waals surface area contributed by atoms with Gasteiger partial charge in [0.2, 0.25) is 10.0 Å². The Morgan fingerprint density at radius 2 is 1.65 bits per heavy atom. The predicted octanol–water partition coefficient (Wildman–Crippen LogP) is 2.49. The van der Waals surface area contributed by atoms with Gasteiger partial charge in [0.15, 0.2) is 0 Å². The van der Waals surface area contributed by atoms with Crippen LogP contribution in [0, 0.1) is 5.92 Å². The van der Waals surface area contributed by atoms with E-state index in [9.17, 15) is 8.42 Å².